The number of aliphatic imine (C=N–C) groups is 1. The Balaban J connectivity index is 0.000000189. The fourth-order valence-corrected chi connectivity index (χ4v) is 12.6. The number of imide groups is 1. The summed E-state index contributed by atoms with van der Waals surface area (Å²) in [5.74, 6) is -2.53. The number of hydrogen-bond acceptors (Lipinski definition) is 19. The quantitative estimate of drug-likeness (QED) is 0.0241. The number of methoxy groups -OCH3 is 2. The van der Waals surface area contributed by atoms with Crippen molar-refractivity contribution in [3.8, 4) is 5.88 Å². The molecule has 90 heavy (non-hydrogen) atoms. The molecule has 21 nitrogen and oxygen atoms in total. The predicted octanol–water partition coefficient (Wildman–Crippen LogP) is 8.00. The number of fused-ring (bicyclic) bond motifs is 2. The molecule has 6 aromatic carbocycles. The van der Waals surface area contributed by atoms with Gasteiger partial charge in [-0.05, 0) is 130 Å². The van der Waals surface area contributed by atoms with Gasteiger partial charge in [0.2, 0.25) is 25.6 Å². The van der Waals surface area contributed by atoms with Crippen LogP contribution in [0.15, 0.2) is 148 Å². The zero-order valence-electron chi connectivity index (χ0n) is 52.0. The molecule has 0 radical (unpaired) electrons. The van der Waals surface area contributed by atoms with E-state index in [0.29, 0.717) is 92.4 Å². The van der Waals surface area contributed by atoms with Gasteiger partial charge in [-0.25, -0.2) is 36.3 Å². The monoisotopic (exact) mass is 1270 g/mol. The van der Waals surface area contributed by atoms with E-state index in [1.807, 2.05) is 73.7 Å². The summed E-state index contributed by atoms with van der Waals surface area (Å²) in [5.41, 5.74) is 14.2. The van der Waals surface area contributed by atoms with Crippen molar-refractivity contribution < 1.29 is 60.1 Å². The van der Waals surface area contributed by atoms with Crippen molar-refractivity contribution in [3.63, 3.8) is 0 Å². The van der Waals surface area contributed by atoms with E-state index < -0.39 is 43.5 Å². The molecular formula is C67H78N8O13S2. The minimum absolute atomic E-state index is 0.105. The van der Waals surface area contributed by atoms with E-state index in [-0.39, 0.29) is 27.5 Å². The Morgan fingerprint density at radius 3 is 1.58 bits per heavy atom. The molecule has 0 unspecified atom stereocenters. The van der Waals surface area contributed by atoms with Crippen LogP contribution in [0.4, 0.5) is 17.1 Å². The van der Waals surface area contributed by atoms with Crippen LogP contribution < -0.4 is 10.6 Å². The van der Waals surface area contributed by atoms with Crippen LogP contribution in [0.5, 0.6) is 5.88 Å². The molecule has 0 bridgehead atoms. The van der Waals surface area contributed by atoms with Crippen LogP contribution in [-0.4, -0.2) is 195 Å². The lowest BCUT2D eigenvalue weighted by Crippen LogP contribution is -2.45. The number of aromatic nitrogens is 1. The highest BCUT2D eigenvalue weighted by Crippen LogP contribution is 2.43. The third-order valence-electron chi connectivity index (χ3n) is 15.8. The second kappa shape index (κ2) is 30.4. The number of ether oxygens (including phenoxy) is 4. The number of H-pyrrole nitrogens is 1. The number of nitrogens with two attached hydrogens (primary N) is 1. The molecule has 2 fully saturated rings. The summed E-state index contributed by atoms with van der Waals surface area (Å²) in [6.07, 6.45) is 0. The van der Waals surface area contributed by atoms with Crippen LogP contribution in [0.3, 0.4) is 0 Å². The first kappa shape index (κ1) is 67.5. The number of rotatable bonds is 18. The number of esters is 2. The largest absolute Gasteiger partial charge is 0.494 e. The third-order valence-corrected chi connectivity index (χ3v) is 18.8. The predicted molar refractivity (Wildman–Crippen MR) is 349 cm³/mol. The van der Waals surface area contributed by atoms with E-state index in [1.54, 1.807) is 56.3 Å². The average Bonchev–Trinajstić information content (AvgIpc) is 1.64. The van der Waals surface area contributed by atoms with Gasteiger partial charge in [0.1, 0.15) is 0 Å². The minimum Gasteiger partial charge on any atom is -0.494 e. The van der Waals surface area contributed by atoms with Gasteiger partial charge in [-0.15, -0.1) is 0 Å². The number of aryl methyl sites for hydroxylation is 2. The maximum Gasteiger partial charge on any atom is 0.338 e. The molecule has 4 heterocycles. The van der Waals surface area contributed by atoms with E-state index in [4.69, 9.17) is 29.7 Å². The molecule has 4 N–H and O–H groups in total. The third kappa shape index (κ3) is 16.7. The Bertz CT molecular complexity index is 3990. The van der Waals surface area contributed by atoms with Crippen molar-refractivity contribution in [1.29, 1.82) is 0 Å². The number of nitrogens with zero attached hydrogens (tertiary/aromatic N) is 6. The van der Waals surface area contributed by atoms with Gasteiger partial charge in [0.25, 0.3) is 5.91 Å². The SMILES string of the molecule is CN1CCN(CCOCS(=O)(=O)c2ccc(N)cc2)CC1.COC(=O)c1cc2[nH]c(O)c(C(=Nc3ccc(S(=O)(=O)COCCN4CCN(C)CC4)cc3)c3ccccc3)c2cc1C.COC(=O)c1cc2c(cc1C)/C(=C(\C)c1ccccc1)C(=O)N2C(C)=O. The van der Waals surface area contributed by atoms with Gasteiger partial charge in [0.05, 0.1) is 76.6 Å². The molecule has 0 aliphatic carbocycles. The van der Waals surface area contributed by atoms with Crippen molar-refractivity contribution in [2.45, 2.75) is 37.5 Å². The molecule has 0 atom stereocenters. The summed E-state index contributed by atoms with van der Waals surface area (Å²) in [6, 6.07) is 38.2. The normalized spacial score (nSPS) is 15.8. The Hall–Kier alpha value is -8.39. The fourth-order valence-electron chi connectivity index (χ4n) is 10.6. The Morgan fingerprint density at radius 2 is 1.09 bits per heavy atom. The van der Waals surface area contributed by atoms with Crippen molar-refractivity contribution in [1.82, 2.24) is 24.6 Å². The van der Waals surface area contributed by atoms with Crippen LogP contribution in [0, 0.1) is 13.8 Å². The van der Waals surface area contributed by atoms with Crippen molar-refractivity contribution in [2.75, 3.05) is 129 Å². The number of benzene rings is 6. The van der Waals surface area contributed by atoms with Gasteiger partial charge in [0.15, 0.2) is 17.8 Å². The molecule has 1 aromatic heterocycles. The Morgan fingerprint density at radius 1 is 0.622 bits per heavy atom. The zero-order valence-corrected chi connectivity index (χ0v) is 53.7. The number of piperazine rings is 2. The van der Waals surface area contributed by atoms with Crippen LogP contribution >= 0.6 is 0 Å². The summed E-state index contributed by atoms with van der Waals surface area (Å²) in [6.45, 7) is 17.0. The highest BCUT2D eigenvalue weighted by molar-refractivity contribution is 7.91. The minimum atomic E-state index is -3.65. The van der Waals surface area contributed by atoms with Gasteiger partial charge in [-0.2, -0.15) is 0 Å². The van der Waals surface area contributed by atoms with Crippen LogP contribution in [-0.2, 0) is 48.2 Å². The first-order valence-electron chi connectivity index (χ1n) is 29.3. The lowest BCUT2D eigenvalue weighted by molar-refractivity contribution is -0.122. The number of likely N-dealkylation sites (N-methyl/N-ethyl adjacent to an activating group) is 2. The second-order valence-electron chi connectivity index (χ2n) is 22.2. The molecule has 10 rings (SSSR count). The number of nitrogen functional groups attached to an aromatic ring is 1. The lowest BCUT2D eigenvalue weighted by Gasteiger charge is -2.32. The number of nitrogens with one attached hydrogen (secondary N) is 1. The highest BCUT2D eigenvalue weighted by Gasteiger charge is 2.38. The number of carbonyl (C=O) groups is 4. The summed E-state index contributed by atoms with van der Waals surface area (Å²) in [7, 11) is -0.221. The van der Waals surface area contributed by atoms with E-state index in [2.05, 4.69) is 38.7 Å². The molecule has 0 saturated carbocycles. The van der Waals surface area contributed by atoms with E-state index in [0.717, 1.165) is 80.5 Å². The first-order valence-corrected chi connectivity index (χ1v) is 32.6. The van der Waals surface area contributed by atoms with E-state index in [9.17, 15) is 41.1 Å². The second-order valence-corrected chi connectivity index (χ2v) is 26.1. The van der Waals surface area contributed by atoms with Gasteiger partial charge in [-0.1, -0.05) is 60.7 Å². The number of allylic oxidation sites excluding steroid dienone is 1. The van der Waals surface area contributed by atoms with Gasteiger partial charge in [-0.3, -0.25) is 19.4 Å². The van der Waals surface area contributed by atoms with Crippen molar-refractivity contribution >= 4 is 88.3 Å². The number of carbonyl (C=O) groups excluding carboxylic acids is 4. The van der Waals surface area contributed by atoms with Crippen LogP contribution in [0.1, 0.15) is 67.9 Å². The first-order chi connectivity index (χ1) is 43.0. The lowest BCUT2D eigenvalue weighted by atomic mass is 9.94. The van der Waals surface area contributed by atoms with Gasteiger partial charge < -0.3 is 44.6 Å². The maximum absolute atomic E-state index is 13.0. The molecule has 3 aliphatic heterocycles. The Labute approximate surface area is 526 Å². The van der Waals surface area contributed by atoms with E-state index >= 15 is 0 Å². The molecule has 0 spiro atoms. The van der Waals surface area contributed by atoms with Crippen LogP contribution in [0.2, 0.25) is 0 Å². The number of sulfone groups is 2. The fraction of sp³-hybridized carbons (Fsp3) is 0.328. The van der Waals surface area contributed by atoms with Crippen LogP contribution in [0.25, 0.3) is 22.0 Å². The molecular weight excluding hydrogens is 1190 g/mol. The summed E-state index contributed by atoms with van der Waals surface area (Å²) < 4.78 is 70.6. The van der Waals surface area contributed by atoms with Gasteiger partial charge >= 0.3 is 11.9 Å². The number of aromatic hydroxyl groups is 1. The topological polar surface area (TPSA) is 264 Å². The summed E-state index contributed by atoms with van der Waals surface area (Å²) in [5, 5.41) is 11.7. The molecule has 7 aromatic rings. The standard InChI is InChI=1S/C32H36N4O6S.C21H19NO4.C14H23N3O3S/c1-22-19-27-28(20-26(22)32(38)41-3)34-31(37)29(27)30(23-7-5-4-6-8-23)33-24-9-11-25(12-10-24)43(39,40)21-42-18-17-36-15-13-35(2)14-16-36;1-12-10-17-18(11-16(12)21(25)26-4)22(14(3)23)20(24)19(17)13(2)15-8-6-5-7-9-15;1-16-6-8-17(9-7-16)10-11-20-12-21(18,19)14-4-2-13(15)3-5-14/h4-12,19-20,34,37H,13-18,21H2,1-3H3;5-11H,1-4H3;2-5H,6-12,15H2,1H3/b;19-13-;. The molecule has 2 saturated heterocycles. The molecule has 476 valence electrons. The van der Waals surface area contributed by atoms with Crippen molar-refractivity contribution in [3.05, 3.63) is 178 Å². The number of hydrogen-bond donors (Lipinski definition) is 3. The summed E-state index contributed by atoms with van der Waals surface area (Å²) >= 11 is 0. The number of anilines is 2. The van der Waals surface area contributed by atoms with Gasteiger partial charge in [0, 0.05) is 100 Å². The average molecular weight is 1270 g/mol. The highest BCUT2D eigenvalue weighted by atomic mass is 32.2. The molecule has 3 aliphatic rings. The van der Waals surface area contributed by atoms with Crippen molar-refractivity contribution in [2.24, 2.45) is 4.99 Å². The van der Waals surface area contributed by atoms with E-state index in [1.165, 1.54) is 45.4 Å². The molecule has 23 heteroatoms. The summed E-state index contributed by atoms with van der Waals surface area (Å²) in [4.78, 5) is 67.8. The molecule has 2 amide bonds. The smallest absolute Gasteiger partial charge is 0.338 e. The Kier molecular flexibility index (Phi) is 22.8. The maximum atomic E-state index is 13.0. The number of aromatic amines is 1. The zero-order chi connectivity index (χ0) is 64.9. The number of amides is 2.